The van der Waals surface area contributed by atoms with Gasteiger partial charge >= 0.3 is 6.09 Å². The van der Waals surface area contributed by atoms with Crippen LogP contribution in [-0.4, -0.2) is 35.0 Å². The summed E-state index contributed by atoms with van der Waals surface area (Å²) in [7, 11) is 1.69. The van der Waals surface area contributed by atoms with E-state index in [4.69, 9.17) is 9.47 Å². The second-order valence-electron chi connectivity index (χ2n) is 6.22. The smallest absolute Gasteiger partial charge is 0.408 e. The van der Waals surface area contributed by atoms with Crippen molar-refractivity contribution in [1.29, 1.82) is 0 Å². The first kappa shape index (κ1) is 17.5. The van der Waals surface area contributed by atoms with Gasteiger partial charge in [0.15, 0.2) is 0 Å². The number of alkyl carbamates (subject to hydrolysis) is 1. The van der Waals surface area contributed by atoms with Gasteiger partial charge in [0.05, 0.1) is 24.3 Å². The van der Waals surface area contributed by atoms with Gasteiger partial charge in [-0.1, -0.05) is 0 Å². The first-order chi connectivity index (χ1) is 9.74. The number of imidazole rings is 1. The lowest BCUT2D eigenvalue weighted by atomic mass is 10.2. The lowest BCUT2D eigenvalue weighted by molar-refractivity contribution is 0.0505. The fourth-order valence-electron chi connectivity index (χ4n) is 2.00. The molecule has 0 spiro atoms. The summed E-state index contributed by atoms with van der Waals surface area (Å²) in [6.45, 7) is 10.2. The van der Waals surface area contributed by atoms with Crippen molar-refractivity contribution in [1.82, 2.24) is 14.9 Å². The van der Waals surface area contributed by atoms with Gasteiger partial charge in [-0.2, -0.15) is 0 Å². The highest BCUT2D eigenvalue weighted by atomic mass is 16.6. The Morgan fingerprint density at radius 3 is 2.67 bits per heavy atom. The number of methoxy groups -OCH3 is 1. The van der Waals surface area contributed by atoms with Gasteiger partial charge in [0.2, 0.25) is 0 Å². The number of carbonyl (C=O) groups is 1. The van der Waals surface area contributed by atoms with E-state index in [1.54, 1.807) is 19.6 Å². The number of hydrogen-bond acceptors (Lipinski definition) is 4. The molecular weight excluding hydrogens is 270 g/mol. The predicted molar refractivity (Wildman–Crippen MR) is 81.2 cm³/mol. The number of nitrogens with one attached hydrogen (secondary N) is 1. The largest absolute Gasteiger partial charge is 0.444 e. The Hall–Kier alpha value is -1.56. The quantitative estimate of drug-likeness (QED) is 0.876. The zero-order valence-electron chi connectivity index (χ0n) is 13.8. The lowest BCUT2D eigenvalue weighted by Gasteiger charge is -2.23. The van der Waals surface area contributed by atoms with E-state index < -0.39 is 11.7 Å². The van der Waals surface area contributed by atoms with Crippen molar-refractivity contribution in [3.8, 4) is 0 Å². The summed E-state index contributed by atoms with van der Waals surface area (Å²) in [5.41, 5.74) is 0.444. The van der Waals surface area contributed by atoms with Crippen LogP contribution in [0.25, 0.3) is 0 Å². The Morgan fingerprint density at radius 1 is 1.43 bits per heavy atom. The number of carbonyl (C=O) groups excluding carboxylic acids is 1. The fourth-order valence-corrected chi connectivity index (χ4v) is 2.00. The highest BCUT2D eigenvalue weighted by Crippen LogP contribution is 2.20. The van der Waals surface area contributed by atoms with Gasteiger partial charge in [-0.25, -0.2) is 9.78 Å². The van der Waals surface area contributed by atoms with E-state index in [0.717, 1.165) is 12.1 Å². The molecular formula is C15H27N3O3. The maximum absolute atomic E-state index is 11.8. The Kier molecular flexibility index (Phi) is 6.20. The van der Waals surface area contributed by atoms with Crippen LogP contribution in [0.5, 0.6) is 0 Å². The van der Waals surface area contributed by atoms with Crippen LogP contribution in [0.2, 0.25) is 0 Å². The molecule has 6 heteroatoms. The highest BCUT2D eigenvalue weighted by molar-refractivity contribution is 5.68. The molecule has 0 saturated carbocycles. The Balaban J connectivity index is 2.68. The van der Waals surface area contributed by atoms with E-state index in [0.29, 0.717) is 6.61 Å². The van der Waals surface area contributed by atoms with E-state index in [1.165, 1.54) is 0 Å². The minimum absolute atomic E-state index is 0.174. The standard InChI is InChI=1S/C15H27N3O3/c1-11(7-8-20-6)18-10-16-9-13(18)12(2)17-14(19)21-15(3,4)5/h9-12H,7-8H2,1-6H3,(H,17,19). The van der Waals surface area contributed by atoms with Crippen LogP contribution in [0.4, 0.5) is 4.79 Å². The summed E-state index contributed by atoms with van der Waals surface area (Å²) < 4.78 is 12.4. The minimum Gasteiger partial charge on any atom is -0.444 e. The average molecular weight is 297 g/mol. The highest BCUT2D eigenvalue weighted by Gasteiger charge is 2.21. The molecule has 0 aliphatic rings. The van der Waals surface area contributed by atoms with E-state index >= 15 is 0 Å². The maximum atomic E-state index is 11.8. The molecule has 2 unspecified atom stereocenters. The van der Waals surface area contributed by atoms with E-state index in [-0.39, 0.29) is 12.1 Å². The van der Waals surface area contributed by atoms with Gasteiger partial charge in [-0.05, 0) is 41.0 Å². The van der Waals surface area contributed by atoms with Crippen LogP contribution in [0.15, 0.2) is 12.5 Å². The van der Waals surface area contributed by atoms with Crippen LogP contribution >= 0.6 is 0 Å². The molecule has 1 aromatic rings. The molecule has 0 saturated heterocycles. The molecule has 2 atom stereocenters. The number of hydrogen-bond donors (Lipinski definition) is 1. The van der Waals surface area contributed by atoms with Gasteiger partial charge in [0.25, 0.3) is 0 Å². The minimum atomic E-state index is -0.504. The summed E-state index contributed by atoms with van der Waals surface area (Å²) in [5, 5.41) is 2.84. The van der Waals surface area contributed by atoms with Crippen molar-refractivity contribution >= 4 is 6.09 Å². The molecule has 0 bridgehead atoms. The first-order valence-corrected chi connectivity index (χ1v) is 7.24. The number of amides is 1. The van der Waals surface area contributed by atoms with Gasteiger partial charge in [0.1, 0.15) is 5.60 Å². The van der Waals surface area contributed by atoms with Gasteiger partial charge < -0.3 is 19.4 Å². The third-order valence-corrected chi connectivity index (χ3v) is 3.09. The Labute approximate surface area is 126 Å². The zero-order valence-corrected chi connectivity index (χ0v) is 13.8. The van der Waals surface area contributed by atoms with Crippen LogP contribution in [0, 0.1) is 0 Å². The molecule has 6 nitrogen and oxygen atoms in total. The number of nitrogens with zero attached hydrogens (tertiary/aromatic N) is 2. The van der Waals surface area contributed by atoms with Crippen LogP contribution in [-0.2, 0) is 9.47 Å². The summed E-state index contributed by atoms with van der Waals surface area (Å²) in [5.74, 6) is 0. The van der Waals surface area contributed by atoms with Crippen molar-refractivity contribution in [2.24, 2.45) is 0 Å². The van der Waals surface area contributed by atoms with Crippen molar-refractivity contribution < 1.29 is 14.3 Å². The van der Waals surface area contributed by atoms with E-state index in [9.17, 15) is 4.79 Å². The SMILES string of the molecule is COCCC(C)n1cncc1C(C)NC(=O)OC(C)(C)C. The number of ether oxygens (including phenoxy) is 2. The molecule has 21 heavy (non-hydrogen) atoms. The van der Waals surface area contributed by atoms with Crippen molar-refractivity contribution in [3.63, 3.8) is 0 Å². The molecule has 0 aromatic carbocycles. The predicted octanol–water partition coefficient (Wildman–Crippen LogP) is 3.07. The van der Waals surface area contributed by atoms with Crippen molar-refractivity contribution in [2.45, 2.75) is 58.7 Å². The molecule has 1 amide bonds. The molecule has 0 aliphatic carbocycles. The second kappa shape index (κ2) is 7.45. The summed E-state index contributed by atoms with van der Waals surface area (Å²) in [6.07, 6.45) is 4.01. The van der Waals surface area contributed by atoms with E-state index in [1.807, 2.05) is 27.7 Å². The van der Waals surface area contributed by atoms with E-state index in [2.05, 4.69) is 21.8 Å². The summed E-state index contributed by atoms with van der Waals surface area (Å²) in [6, 6.07) is 0.0812. The fraction of sp³-hybridized carbons (Fsp3) is 0.733. The molecule has 1 N–H and O–H groups in total. The van der Waals surface area contributed by atoms with Crippen LogP contribution < -0.4 is 5.32 Å². The monoisotopic (exact) mass is 297 g/mol. The second-order valence-corrected chi connectivity index (χ2v) is 6.22. The molecule has 120 valence electrons. The third-order valence-electron chi connectivity index (χ3n) is 3.09. The zero-order chi connectivity index (χ0) is 16.0. The average Bonchev–Trinajstić information content (AvgIpc) is 2.82. The van der Waals surface area contributed by atoms with Crippen LogP contribution in [0.1, 0.15) is 58.8 Å². The number of rotatable bonds is 6. The Morgan fingerprint density at radius 2 is 2.10 bits per heavy atom. The normalized spacial score (nSPS) is 14.6. The molecule has 1 rings (SSSR count). The van der Waals surface area contributed by atoms with Crippen molar-refractivity contribution in [2.75, 3.05) is 13.7 Å². The maximum Gasteiger partial charge on any atom is 0.408 e. The summed E-state index contributed by atoms with van der Waals surface area (Å²) in [4.78, 5) is 16.0. The van der Waals surface area contributed by atoms with Crippen molar-refractivity contribution in [3.05, 3.63) is 18.2 Å². The summed E-state index contributed by atoms with van der Waals surface area (Å²) >= 11 is 0. The third kappa shape index (κ3) is 5.75. The van der Waals surface area contributed by atoms with Gasteiger partial charge in [-0.15, -0.1) is 0 Å². The Bertz CT molecular complexity index is 451. The molecule has 1 aromatic heterocycles. The first-order valence-electron chi connectivity index (χ1n) is 7.24. The molecule has 0 fully saturated rings. The van der Waals surface area contributed by atoms with Gasteiger partial charge in [-0.3, -0.25) is 0 Å². The topological polar surface area (TPSA) is 65.4 Å². The van der Waals surface area contributed by atoms with Gasteiger partial charge in [0, 0.05) is 19.8 Å². The lowest BCUT2D eigenvalue weighted by Crippen LogP contribution is -2.34. The molecule has 0 radical (unpaired) electrons. The number of aromatic nitrogens is 2. The molecule has 0 aliphatic heterocycles. The molecule has 1 heterocycles. The van der Waals surface area contributed by atoms with Crippen LogP contribution in [0.3, 0.4) is 0 Å².